The summed E-state index contributed by atoms with van der Waals surface area (Å²) >= 11 is 4.74. The first-order valence-electron chi connectivity index (χ1n) is 7.17. The fourth-order valence-corrected chi connectivity index (χ4v) is 2.31. The van der Waals surface area contributed by atoms with Crippen LogP contribution < -0.4 is 11.2 Å². The summed E-state index contributed by atoms with van der Waals surface area (Å²) in [7, 11) is 0. The van der Waals surface area contributed by atoms with Crippen LogP contribution in [0.5, 0.6) is 0 Å². The lowest BCUT2D eigenvalue weighted by molar-refractivity contribution is 0.400. The molecule has 0 saturated heterocycles. The Morgan fingerprint density at radius 2 is 1.73 bits per heavy atom. The van der Waals surface area contributed by atoms with Gasteiger partial charge in [0.05, 0.1) is 5.92 Å². The predicted molar refractivity (Wildman–Crippen MR) is 91.0 cm³/mol. The summed E-state index contributed by atoms with van der Waals surface area (Å²) in [6, 6.07) is 7.93. The first kappa shape index (κ1) is 16.3. The van der Waals surface area contributed by atoms with Gasteiger partial charge in [0, 0.05) is 5.71 Å². The van der Waals surface area contributed by atoms with E-state index in [0.717, 1.165) is 41.6 Å². The Morgan fingerprint density at radius 1 is 1.18 bits per heavy atom. The van der Waals surface area contributed by atoms with Crippen molar-refractivity contribution >= 4 is 23.0 Å². The zero-order valence-electron chi connectivity index (χ0n) is 13.1. The molecule has 22 heavy (non-hydrogen) atoms. The SMILES string of the molecule is C/C(CCC(c1ccc(C)o1)c1ccc(C)o1)=N/NC(N)=S. The summed E-state index contributed by atoms with van der Waals surface area (Å²) in [4.78, 5) is 0. The van der Waals surface area contributed by atoms with Crippen LogP contribution in [-0.4, -0.2) is 10.8 Å². The van der Waals surface area contributed by atoms with Gasteiger partial charge in [-0.25, -0.2) is 0 Å². The highest BCUT2D eigenvalue weighted by Gasteiger charge is 2.21. The molecule has 2 aromatic rings. The number of nitrogens with two attached hydrogens (primary N) is 1. The molecule has 0 bridgehead atoms. The Bertz CT molecular complexity index is 632. The van der Waals surface area contributed by atoms with Crippen molar-refractivity contribution < 1.29 is 8.83 Å². The highest BCUT2D eigenvalue weighted by Crippen LogP contribution is 2.31. The third-order valence-corrected chi connectivity index (χ3v) is 3.45. The lowest BCUT2D eigenvalue weighted by Crippen LogP contribution is -2.25. The van der Waals surface area contributed by atoms with Crippen molar-refractivity contribution in [1.29, 1.82) is 0 Å². The number of nitrogens with one attached hydrogen (secondary N) is 1. The van der Waals surface area contributed by atoms with E-state index in [4.69, 9.17) is 26.8 Å². The number of furan rings is 2. The zero-order chi connectivity index (χ0) is 16.1. The molecule has 0 fully saturated rings. The van der Waals surface area contributed by atoms with Crippen LogP contribution in [0.15, 0.2) is 38.2 Å². The van der Waals surface area contributed by atoms with Crippen LogP contribution in [0.4, 0.5) is 0 Å². The minimum absolute atomic E-state index is 0.0670. The minimum atomic E-state index is 0.0670. The van der Waals surface area contributed by atoms with Crippen molar-refractivity contribution in [2.45, 2.75) is 39.5 Å². The molecule has 0 amide bonds. The van der Waals surface area contributed by atoms with Gasteiger partial charge in [-0.15, -0.1) is 0 Å². The third kappa shape index (κ3) is 4.46. The maximum Gasteiger partial charge on any atom is 0.184 e. The van der Waals surface area contributed by atoms with Crippen molar-refractivity contribution in [3.8, 4) is 0 Å². The van der Waals surface area contributed by atoms with Gasteiger partial charge in [-0.3, -0.25) is 5.43 Å². The molecule has 118 valence electrons. The summed E-state index contributed by atoms with van der Waals surface area (Å²) in [5.41, 5.74) is 8.90. The topological polar surface area (TPSA) is 76.7 Å². The first-order valence-corrected chi connectivity index (χ1v) is 7.58. The average molecular weight is 319 g/mol. The molecule has 0 aliphatic rings. The lowest BCUT2D eigenvalue weighted by Gasteiger charge is -2.12. The molecular formula is C16H21N3O2S. The van der Waals surface area contributed by atoms with Gasteiger partial charge in [0.15, 0.2) is 5.11 Å². The monoisotopic (exact) mass is 319 g/mol. The molecule has 2 aromatic heterocycles. The second kappa shape index (κ2) is 7.26. The maximum atomic E-state index is 5.78. The van der Waals surface area contributed by atoms with Gasteiger partial charge in [0.25, 0.3) is 0 Å². The largest absolute Gasteiger partial charge is 0.466 e. The Balaban J connectivity index is 2.12. The number of aryl methyl sites for hydroxylation is 2. The summed E-state index contributed by atoms with van der Waals surface area (Å²) < 4.78 is 11.6. The van der Waals surface area contributed by atoms with Crippen LogP contribution in [0.25, 0.3) is 0 Å². The highest BCUT2D eigenvalue weighted by molar-refractivity contribution is 7.80. The second-order valence-electron chi connectivity index (χ2n) is 5.31. The van der Waals surface area contributed by atoms with E-state index in [-0.39, 0.29) is 11.0 Å². The predicted octanol–water partition coefficient (Wildman–Crippen LogP) is 3.61. The number of rotatable bonds is 6. The van der Waals surface area contributed by atoms with E-state index in [9.17, 15) is 0 Å². The molecule has 0 aliphatic carbocycles. The van der Waals surface area contributed by atoms with Crippen molar-refractivity contribution in [1.82, 2.24) is 5.43 Å². The fraction of sp³-hybridized carbons (Fsp3) is 0.375. The molecule has 0 radical (unpaired) electrons. The molecule has 5 nitrogen and oxygen atoms in total. The molecule has 0 saturated carbocycles. The summed E-state index contributed by atoms with van der Waals surface area (Å²) in [6.45, 7) is 5.81. The number of hydrogen-bond acceptors (Lipinski definition) is 4. The van der Waals surface area contributed by atoms with E-state index < -0.39 is 0 Å². The second-order valence-corrected chi connectivity index (χ2v) is 5.75. The van der Waals surface area contributed by atoms with Crippen LogP contribution in [0.3, 0.4) is 0 Å². The Hall–Kier alpha value is -2.08. The van der Waals surface area contributed by atoms with Gasteiger partial charge < -0.3 is 14.6 Å². The maximum absolute atomic E-state index is 5.78. The Morgan fingerprint density at radius 3 is 2.14 bits per heavy atom. The molecule has 0 aliphatic heterocycles. The molecule has 6 heteroatoms. The highest BCUT2D eigenvalue weighted by atomic mass is 32.1. The zero-order valence-corrected chi connectivity index (χ0v) is 13.9. The van der Waals surface area contributed by atoms with Crippen molar-refractivity contribution in [3.63, 3.8) is 0 Å². The van der Waals surface area contributed by atoms with Crippen LogP contribution >= 0.6 is 12.2 Å². The van der Waals surface area contributed by atoms with Gasteiger partial charge in [0.2, 0.25) is 0 Å². The molecule has 2 heterocycles. The van der Waals surface area contributed by atoms with E-state index in [1.54, 1.807) is 0 Å². The first-order chi connectivity index (χ1) is 10.5. The standard InChI is InChI=1S/C16H21N3O2S/c1-10(18-19-16(17)22)4-7-13(14-8-5-11(2)20-14)15-9-6-12(3)21-15/h5-6,8-9,13H,4,7H2,1-3H3,(H3,17,19,22)/b18-10-. The average Bonchev–Trinajstić information content (AvgIpc) is 3.06. The van der Waals surface area contributed by atoms with E-state index in [2.05, 4.69) is 10.5 Å². The molecule has 0 atom stereocenters. The lowest BCUT2D eigenvalue weighted by atomic mass is 9.96. The van der Waals surface area contributed by atoms with Gasteiger partial charge in [0.1, 0.15) is 23.0 Å². The molecule has 3 N–H and O–H groups in total. The molecular weight excluding hydrogens is 298 g/mol. The Kier molecular flexibility index (Phi) is 5.38. The number of hydrazone groups is 1. The van der Waals surface area contributed by atoms with E-state index in [1.165, 1.54) is 0 Å². The quantitative estimate of drug-likeness (QED) is 0.483. The molecule has 2 rings (SSSR count). The Labute approximate surface area is 135 Å². The van der Waals surface area contributed by atoms with Gasteiger partial charge in [-0.2, -0.15) is 5.10 Å². The van der Waals surface area contributed by atoms with Gasteiger partial charge in [-0.1, -0.05) is 0 Å². The number of nitrogens with zero attached hydrogens (tertiary/aromatic N) is 1. The third-order valence-electron chi connectivity index (χ3n) is 3.36. The fourth-order valence-electron chi connectivity index (χ4n) is 2.27. The van der Waals surface area contributed by atoms with Gasteiger partial charge in [-0.05, 0) is 70.1 Å². The van der Waals surface area contributed by atoms with E-state index >= 15 is 0 Å². The summed E-state index contributed by atoms with van der Waals surface area (Å²) in [5.74, 6) is 3.66. The van der Waals surface area contributed by atoms with E-state index in [0.29, 0.717) is 0 Å². The summed E-state index contributed by atoms with van der Waals surface area (Å²) in [6.07, 6.45) is 1.61. The number of thiocarbonyl (C=S) groups is 1. The van der Waals surface area contributed by atoms with Crippen LogP contribution in [-0.2, 0) is 0 Å². The van der Waals surface area contributed by atoms with Crippen LogP contribution in [0.1, 0.15) is 48.7 Å². The van der Waals surface area contributed by atoms with Gasteiger partial charge >= 0.3 is 0 Å². The van der Waals surface area contributed by atoms with Crippen molar-refractivity contribution in [2.24, 2.45) is 10.8 Å². The van der Waals surface area contributed by atoms with Crippen LogP contribution in [0.2, 0.25) is 0 Å². The normalized spacial score (nSPS) is 11.9. The molecule has 0 unspecified atom stereocenters. The van der Waals surface area contributed by atoms with Crippen LogP contribution in [0, 0.1) is 13.8 Å². The molecule has 0 aromatic carbocycles. The van der Waals surface area contributed by atoms with E-state index in [1.807, 2.05) is 45.0 Å². The smallest absolute Gasteiger partial charge is 0.184 e. The van der Waals surface area contributed by atoms with Crippen molar-refractivity contribution in [3.05, 3.63) is 47.3 Å². The van der Waals surface area contributed by atoms with Crippen molar-refractivity contribution in [2.75, 3.05) is 0 Å². The summed E-state index contributed by atoms with van der Waals surface area (Å²) in [5, 5.41) is 4.30. The number of hydrogen-bond donors (Lipinski definition) is 2. The molecule has 0 spiro atoms. The minimum Gasteiger partial charge on any atom is -0.466 e.